The van der Waals surface area contributed by atoms with Crippen LogP contribution < -0.4 is 25.0 Å². The number of anilines is 3. The molecule has 1 radical (unpaired) electrons. The van der Waals surface area contributed by atoms with E-state index < -0.39 is 5.82 Å². The Balaban J connectivity index is 1.92. The van der Waals surface area contributed by atoms with Crippen molar-refractivity contribution in [2.75, 3.05) is 29.8 Å². The third kappa shape index (κ3) is 2.92. The summed E-state index contributed by atoms with van der Waals surface area (Å²) in [5, 5.41) is 0. The minimum absolute atomic E-state index is 0.00503. The predicted octanol–water partition coefficient (Wildman–Crippen LogP) is 2.56. The second-order valence-electron chi connectivity index (χ2n) is 7.14. The summed E-state index contributed by atoms with van der Waals surface area (Å²) in [6, 6.07) is 1.14. The quantitative estimate of drug-likeness (QED) is 0.788. The van der Waals surface area contributed by atoms with E-state index in [4.69, 9.17) is 22.7 Å². The van der Waals surface area contributed by atoms with Gasteiger partial charge in [-0.2, -0.15) is 0 Å². The Kier molecular flexibility index (Phi) is 4.68. The van der Waals surface area contributed by atoms with Gasteiger partial charge in [-0.3, -0.25) is 0 Å². The fourth-order valence-electron chi connectivity index (χ4n) is 3.82. The molecule has 0 bridgehead atoms. The van der Waals surface area contributed by atoms with Gasteiger partial charge in [0.2, 0.25) is 0 Å². The van der Waals surface area contributed by atoms with E-state index in [1.807, 2.05) is 0 Å². The fourth-order valence-corrected chi connectivity index (χ4v) is 3.82. The number of aromatic nitrogens is 1. The molecule has 7 nitrogen and oxygen atoms in total. The second kappa shape index (κ2) is 7.06. The summed E-state index contributed by atoms with van der Waals surface area (Å²) < 4.78 is 25.8. The first-order valence-electron chi connectivity index (χ1n) is 9.27. The number of hydrogen-bond donors (Lipinski definition) is 1. The average molecular weight is 395 g/mol. The molecule has 1 fully saturated rings. The molecule has 2 aliphatic rings. The van der Waals surface area contributed by atoms with Crippen LogP contribution in [0.4, 0.5) is 26.4 Å². The maximum absolute atomic E-state index is 15.3. The number of carbonyl (C=O) groups is 1. The number of nitrogens with zero attached hydrogens (tertiary/aromatic N) is 3. The standard InChI is InChI=1S/C20H21BFN4O3/c1-10-14(28-2)6-15(29-3)16(22)17(10)25-9-11-8-24-19(23)13(7-21)18(11)26(20(25)27)12-4-5-12/h6-8,12H,4-5,9H2,1-3H3,(H2,23,24). The van der Waals surface area contributed by atoms with Crippen LogP contribution in [0.3, 0.4) is 0 Å². The van der Waals surface area contributed by atoms with Crippen LogP contribution in [-0.2, 0) is 6.54 Å². The molecular formula is C20H21BFN4O3. The molecule has 0 atom stereocenters. The summed E-state index contributed by atoms with van der Waals surface area (Å²) in [5.74, 6) is 1.43. The van der Waals surface area contributed by atoms with E-state index in [2.05, 4.69) is 4.98 Å². The van der Waals surface area contributed by atoms with E-state index in [0.29, 0.717) is 22.6 Å². The zero-order valence-electron chi connectivity index (χ0n) is 16.5. The molecule has 4 rings (SSSR count). The van der Waals surface area contributed by atoms with E-state index in [1.165, 1.54) is 31.2 Å². The third-order valence-electron chi connectivity index (χ3n) is 5.40. The van der Waals surface area contributed by atoms with Crippen LogP contribution in [0.2, 0.25) is 0 Å². The maximum atomic E-state index is 15.3. The summed E-state index contributed by atoms with van der Waals surface area (Å²) in [7, 11) is 8.64. The van der Waals surface area contributed by atoms with Gasteiger partial charge in [-0.25, -0.2) is 0 Å². The van der Waals surface area contributed by atoms with Gasteiger partial charge in [0, 0.05) is 0 Å². The summed E-state index contributed by atoms with van der Waals surface area (Å²) >= 11 is 0. The molecule has 1 saturated carbocycles. The van der Waals surface area contributed by atoms with Crippen LogP contribution in [0.15, 0.2) is 12.3 Å². The molecule has 149 valence electrons. The SMILES string of the molecule is [B]=Cc1c(N)ncc2c1N(C1CC1)C(=O)N(c1c(C)c(OC)cc(OC)c1F)C2. The number of nitrogens with two attached hydrogens (primary N) is 1. The molecule has 1 aliphatic heterocycles. The topological polar surface area (TPSA) is 80.9 Å². The number of ether oxygens (including phenoxy) is 2. The summed E-state index contributed by atoms with van der Waals surface area (Å²) in [6.45, 7) is 1.83. The number of methoxy groups -OCH3 is 2. The van der Waals surface area contributed by atoms with Crippen molar-refractivity contribution in [3.8, 4) is 11.5 Å². The van der Waals surface area contributed by atoms with Crippen molar-refractivity contribution in [2.24, 2.45) is 0 Å². The number of amides is 2. The molecule has 2 aromatic rings. The minimum atomic E-state index is -0.618. The zero-order valence-corrected chi connectivity index (χ0v) is 16.5. The number of halogens is 1. The van der Waals surface area contributed by atoms with Gasteiger partial charge in [-0.1, -0.05) is 0 Å². The van der Waals surface area contributed by atoms with E-state index in [1.54, 1.807) is 18.0 Å². The first-order chi connectivity index (χ1) is 13.9. The van der Waals surface area contributed by atoms with E-state index in [9.17, 15) is 4.79 Å². The van der Waals surface area contributed by atoms with Gasteiger partial charge in [0.1, 0.15) is 0 Å². The van der Waals surface area contributed by atoms with Crippen molar-refractivity contribution in [3.63, 3.8) is 0 Å². The molecule has 29 heavy (non-hydrogen) atoms. The van der Waals surface area contributed by atoms with Crippen LogP contribution in [0, 0.1) is 12.7 Å². The Hall–Kier alpha value is -3.10. The Morgan fingerprint density at radius 1 is 1.28 bits per heavy atom. The molecule has 2 heterocycles. The summed E-state index contributed by atoms with van der Waals surface area (Å²) in [5.41, 5.74) is 8.52. The van der Waals surface area contributed by atoms with Gasteiger partial charge in [0.25, 0.3) is 0 Å². The van der Waals surface area contributed by atoms with E-state index in [-0.39, 0.29) is 35.9 Å². The molecule has 2 amide bonds. The Morgan fingerprint density at radius 3 is 2.55 bits per heavy atom. The Labute approximate surface area is 169 Å². The van der Waals surface area contributed by atoms with Gasteiger partial charge >= 0.3 is 169 Å². The second-order valence-corrected chi connectivity index (χ2v) is 7.14. The molecular weight excluding hydrogens is 374 g/mol. The first kappa shape index (κ1) is 19.2. The number of urea groups is 1. The zero-order chi connectivity index (χ0) is 20.9. The molecule has 2 N–H and O–H groups in total. The fraction of sp³-hybridized carbons (Fsp3) is 0.350. The van der Waals surface area contributed by atoms with Crippen molar-refractivity contribution in [1.82, 2.24) is 4.98 Å². The van der Waals surface area contributed by atoms with Crippen LogP contribution in [0.25, 0.3) is 0 Å². The van der Waals surface area contributed by atoms with Gasteiger partial charge in [0.15, 0.2) is 0 Å². The molecule has 0 saturated heterocycles. The molecule has 1 aliphatic carbocycles. The number of rotatable bonds is 5. The monoisotopic (exact) mass is 395 g/mol. The molecule has 1 aromatic heterocycles. The van der Waals surface area contributed by atoms with Crippen molar-refractivity contribution in [2.45, 2.75) is 32.4 Å². The molecule has 0 spiro atoms. The van der Waals surface area contributed by atoms with Crippen molar-refractivity contribution < 1.29 is 18.7 Å². The van der Waals surface area contributed by atoms with Crippen LogP contribution in [-0.4, -0.2) is 44.7 Å². The van der Waals surface area contributed by atoms with Crippen molar-refractivity contribution in [3.05, 3.63) is 34.8 Å². The molecule has 9 heteroatoms. The summed E-state index contributed by atoms with van der Waals surface area (Å²) in [4.78, 5) is 20.8. The normalized spacial score (nSPS) is 15.9. The summed E-state index contributed by atoms with van der Waals surface area (Å²) in [6.07, 6.45) is 3.32. The van der Waals surface area contributed by atoms with Gasteiger partial charge in [-0.05, 0) is 0 Å². The van der Waals surface area contributed by atoms with Crippen LogP contribution in [0.5, 0.6) is 11.5 Å². The molecule has 1 aromatic carbocycles. The van der Waals surface area contributed by atoms with Crippen LogP contribution >= 0.6 is 0 Å². The number of benzene rings is 1. The van der Waals surface area contributed by atoms with Crippen LogP contribution in [0.1, 0.15) is 29.5 Å². The number of pyridine rings is 1. The van der Waals surface area contributed by atoms with Crippen molar-refractivity contribution >= 4 is 36.7 Å². The van der Waals surface area contributed by atoms with Crippen molar-refractivity contribution in [1.29, 1.82) is 0 Å². The van der Waals surface area contributed by atoms with E-state index in [0.717, 1.165) is 18.4 Å². The van der Waals surface area contributed by atoms with Gasteiger partial charge in [-0.15, -0.1) is 0 Å². The Bertz CT molecular complexity index is 997. The predicted molar refractivity (Wildman–Crippen MR) is 111 cm³/mol. The molecule has 0 unspecified atom stereocenters. The average Bonchev–Trinajstić information content (AvgIpc) is 3.54. The number of nitrogen functional groups attached to an aromatic ring is 1. The van der Waals surface area contributed by atoms with Gasteiger partial charge in [0.05, 0.1) is 0 Å². The first-order valence-corrected chi connectivity index (χ1v) is 9.27. The number of hydrogen-bond acceptors (Lipinski definition) is 5. The Morgan fingerprint density at radius 2 is 1.97 bits per heavy atom. The van der Waals surface area contributed by atoms with Gasteiger partial charge < -0.3 is 0 Å². The van der Waals surface area contributed by atoms with E-state index >= 15 is 4.39 Å². The third-order valence-corrected chi connectivity index (χ3v) is 5.40. The number of carbonyl (C=O) groups excluding carboxylic acids is 1. The number of fused-ring (bicyclic) bond motifs is 1.